The van der Waals surface area contributed by atoms with Crippen LogP contribution in [-0.2, 0) is 11.3 Å². The summed E-state index contributed by atoms with van der Waals surface area (Å²) < 4.78 is 0. The molecule has 29 heavy (non-hydrogen) atoms. The van der Waals surface area contributed by atoms with Gasteiger partial charge in [-0.3, -0.25) is 9.79 Å². The molecule has 1 aliphatic carbocycles. The number of halogens is 1. The van der Waals surface area contributed by atoms with Crippen LogP contribution in [0.3, 0.4) is 0 Å². The summed E-state index contributed by atoms with van der Waals surface area (Å²) in [5.41, 5.74) is 3.32. The number of nitrogens with zero attached hydrogens (tertiary/aromatic N) is 1. The Kier molecular flexibility index (Phi) is 9.93. The number of hydrogen-bond donors (Lipinski definition) is 3. The minimum absolute atomic E-state index is 0. The minimum Gasteiger partial charge on any atom is -0.356 e. The van der Waals surface area contributed by atoms with Gasteiger partial charge < -0.3 is 16.0 Å². The van der Waals surface area contributed by atoms with E-state index in [1.54, 1.807) is 18.4 Å². The number of rotatable bonds is 7. The number of thiophene rings is 1. The first-order valence-corrected chi connectivity index (χ1v) is 11.0. The quantitative estimate of drug-likeness (QED) is 0.272. The zero-order valence-corrected chi connectivity index (χ0v) is 20.3. The van der Waals surface area contributed by atoms with Crippen LogP contribution in [0.5, 0.6) is 0 Å². The molecule has 1 aliphatic rings. The zero-order chi connectivity index (χ0) is 19.8. The minimum atomic E-state index is 0. The molecule has 1 heterocycles. The van der Waals surface area contributed by atoms with Crippen LogP contribution in [0.1, 0.15) is 49.7 Å². The number of aliphatic imine (C=N–C) groups is 1. The molecule has 2 aromatic rings. The summed E-state index contributed by atoms with van der Waals surface area (Å²) >= 11 is 1.73. The molecule has 1 amide bonds. The Bertz CT molecular complexity index is 788. The fourth-order valence-electron chi connectivity index (χ4n) is 3.52. The standard InChI is InChI=1S/C22H30N4OS.HI/c1-16(19-10-11-28-15-19)13-24-22(23-2)25-14-17-6-5-9-20(12-17)26-21(27)18-7-3-4-8-18;/h5-6,9-12,15-16,18H,3-4,7-8,13-14H2,1-2H3,(H,26,27)(H2,23,24,25);1H. The van der Waals surface area contributed by atoms with Gasteiger partial charge in [-0.25, -0.2) is 0 Å². The molecule has 3 N–H and O–H groups in total. The molecule has 5 nitrogen and oxygen atoms in total. The van der Waals surface area contributed by atoms with Gasteiger partial charge in [-0.05, 0) is 58.8 Å². The predicted octanol–water partition coefficient (Wildman–Crippen LogP) is 4.96. The summed E-state index contributed by atoms with van der Waals surface area (Å²) in [6.45, 7) is 3.69. The largest absolute Gasteiger partial charge is 0.356 e. The lowest BCUT2D eigenvalue weighted by molar-refractivity contribution is -0.119. The monoisotopic (exact) mass is 526 g/mol. The molecule has 1 atom stereocenters. The summed E-state index contributed by atoms with van der Waals surface area (Å²) in [6, 6.07) is 10.2. The lowest BCUT2D eigenvalue weighted by Gasteiger charge is -2.16. The number of amides is 1. The van der Waals surface area contributed by atoms with E-state index in [9.17, 15) is 4.79 Å². The highest BCUT2D eigenvalue weighted by atomic mass is 127. The first kappa shape index (κ1) is 23.7. The predicted molar refractivity (Wildman–Crippen MR) is 133 cm³/mol. The maximum atomic E-state index is 12.3. The van der Waals surface area contributed by atoms with Gasteiger partial charge >= 0.3 is 0 Å². The van der Waals surface area contributed by atoms with Crippen molar-refractivity contribution < 1.29 is 4.79 Å². The maximum Gasteiger partial charge on any atom is 0.227 e. The van der Waals surface area contributed by atoms with Gasteiger partial charge in [0, 0.05) is 31.7 Å². The number of carbonyl (C=O) groups is 1. The Labute approximate surface area is 194 Å². The molecule has 0 spiro atoms. The van der Waals surface area contributed by atoms with Gasteiger partial charge in [-0.2, -0.15) is 11.3 Å². The fourth-order valence-corrected chi connectivity index (χ4v) is 4.30. The van der Waals surface area contributed by atoms with Gasteiger partial charge in [0.05, 0.1) is 0 Å². The van der Waals surface area contributed by atoms with Gasteiger partial charge in [0.1, 0.15) is 0 Å². The van der Waals surface area contributed by atoms with E-state index in [0.717, 1.165) is 36.6 Å². The Hall–Kier alpha value is -1.61. The smallest absolute Gasteiger partial charge is 0.227 e. The summed E-state index contributed by atoms with van der Waals surface area (Å²) in [5, 5.41) is 14.1. The second kappa shape index (κ2) is 12.2. The van der Waals surface area contributed by atoms with E-state index < -0.39 is 0 Å². The molecule has 0 radical (unpaired) electrons. The van der Waals surface area contributed by atoms with Crippen LogP contribution in [-0.4, -0.2) is 25.5 Å². The van der Waals surface area contributed by atoms with E-state index in [-0.39, 0.29) is 35.8 Å². The molecule has 158 valence electrons. The molecule has 0 saturated heterocycles. The molecular formula is C22H31IN4OS. The van der Waals surface area contributed by atoms with Gasteiger partial charge in [0.15, 0.2) is 5.96 Å². The summed E-state index contributed by atoms with van der Waals surface area (Å²) in [4.78, 5) is 16.6. The van der Waals surface area contributed by atoms with Gasteiger partial charge in [0.2, 0.25) is 5.91 Å². The van der Waals surface area contributed by atoms with Crippen molar-refractivity contribution in [3.8, 4) is 0 Å². The lowest BCUT2D eigenvalue weighted by Crippen LogP contribution is -2.38. The van der Waals surface area contributed by atoms with E-state index in [1.165, 1.54) is 18.4 Å². The van der Waals surface area contributed by atoms with Crippen molar-refractivity contribution in [1.29, 1.82) is 0 Å². The number of anilines is 1. The van der Waals surface area contributed by atoms with Crippen molar-refractivity contribution in [2.45, 2.75) is 45.1 Å². The molecule has 1 unspecified atom stereocenters. The van der Waals surface area contributed by atoms with Crippen LogP contribution >= 0.6 is 35.3 Å². The van der Waals surface area contributed by atoms with E-state index in [1.807, 2.05) is 18.2 Å². The van der Waals surface area contributed by atoms with Gasteiger partial charge in [0.25, 0.3) is 0 Å². The topological polar surface area (TPSA) is 65.5 Å². The van der Waals surface area contributed by atoms with E-state index in [2.05, 4.69) is 50.8 Å². The molecule has 7 heteroatoms. The van der Waals surface area contributed by atoms with Crippen LogP contribution in [0.4, 0.5) is 5.69 Å². The van der Waals surface area contributed by atoms with Gasteiger partial charge in [-0.1, -0.05) is 31.9 Å². The molecular weight excluding hydrogens is 495 g/mol. The van der Waals surface area contributed by atoms with Crippen LogP contribution < -0.4 is 16.0 Å². The first-order valence-electron chi connectivity index (χ1n) is 10.0. The third kappa shape index (κ3) is 7.29. The van der Waals surface area contributed by atoms with Crippen LogP contribution in [0.15, 0.2) is 46.1 Å². The third-order valence-electron chi connectivity index (χ3n) is 5.29. The second-order valence-corrected chi connectivity index (χ2v) is 8.22. The summed E-state index contributed by atoms with van der Waals surface area (Å²) in [5.74, 6) is 1.54. The maximum absolute atomic E-state index is 12.3. The first-order chi connectivity index (χ1) is 13.7. The van der Waals surface area contributed by atoms with E-state index in [4.69, 9.17) is 0 Å². The van der Waals surface area contributed by atoms with Crippen molar-refractivity contribution in [2.24, 2.45) is 10.9 Å². The third-order valence-corrected chi connectivity index (χ3v) is 5.99. The summed E-state index contributed by atoms with van der Waals surface area (Å²) in [7, 11) is 1.78. The highest BCUT2D eigenvalue weighted by Gasteiger charge is 2.22. The Morgan fingerprint density at radius 3 is 2.72 bits per heavy atom. The molecule has 0 bridgehead atoms. The lowest BCUT2D eigenvalue weighted by atomic mass is 10.1. The van der Waals surface area contributed by atoms with Crippen molar-refractivity contribution in [3.63, 3.8) is 0 Å². The van der Waals surface area contributed by atoms with Crippen molar-refractivity contribution in [3.05, 3.63) is 52.2 Å². The summed E-state index contributed by atoms with van der Waals surface area (Å²) in [6.07, 6.45) is 4.36. The Morgan fingerprint density at radius 1 is 1.24 bits per heavy atom. The molecule has 3 rings (SSSR count). The average molecular weight is 526 g/mol. The van der Waals surface area contributed by atoms with Gasteiger partial charge in [-0.15, -0.1) is 24.0 Å². The molecule has 1 aromatic carbocycles. The number of hydrogen-bond acceptors (Lipinski definition) is 3. The SMILES string of the molecule is CN=C(NCc1cccc(NC(=O)C2CCCC2)c1)NCC(C)c1ccsc1.I. The highest BCUT2D eigenvalue weighted by Crippen LogP contribution is 2.26. The van der Waals surface area contributed by atoms with Crippen LogP contribution in [0.25, 0.3) is 0 Å². The Morgan fingerprint density at radius 2 is 2.03 bits per heavy atom. The van der Waals surface area contributed by atoms with E-state index in [0.29, 0.717) is 12.5 Å². The number of benzene rings is 1. The Balaban J connectivity index is 0.00000300. The van der Waals surface area contributed by atoms with Crippen LogP contribution in [0, 0.1) is 5.92 Å². The zero-order valence-electron chi connectivity index (χ0n) is 17.1. The highest BCUT2D eigenvalue weighted by molar-refractivity contribution is 14.0. The molecule has 0 aliphatic heterocycles. The fraction of sp³-hybridized carbons (Fsp3) is 0.455. The second-order valence-electron chi connectivity index (χ2n) is 7.44. The van der Waals surface area contributed by atoms with E-state index >= 15 is 0 Å². The molecule has 1 aromatic heterocycles. The van der Waals surface area contributed by atoms with Crippen LogP contribution in [0.2, 0.25) is 0 Å². The molecule has 1 saturated carbocycles. The number of carbonyl (C=O) groups excluding carboxylic acids is 1. The number of guanidine groups is 1. The average Bonchev–Trinajstić information content (AvgIpc) is 3.42. The number of nitrogens with one attached hydrogen (secondary N) is 3. The van der Waals surface area contributed by atoms with Crippen molar-refractivity contribution >= 4 is 52.9 Å². The normalized spacial score (nSPS) is 15.4. The van der Waals surface area contributed by atoms with Crippen molar-refractivity contribution in [1.82, 2.24) is 10.6 Å². The van der Waals surface area contributed by atoms with Crippen molar-refractivity contribution in [2.75, 3.05) is 18.9 Å². The molecule has 1 fully saturated rings.